The van der Waals surface area contributed by atoms with E-state index in [2.05, 4.69) is 26.0 Å². The molecular formula is C9H11BrN4. The number of anilines is 1. The number of fused-ring (bicyclic) bond motifs is 1. The van der Waals surface area contributed by atoms with Crippen molar-refractivity contribution in [2.45, 2.75) is 6.92 Å². The van der Waals surface area contributed by atoms with Crippen LogP contribution in [0.4, 0.5) is 5.95 Å². The lowest BCUT2D eigenvalue weighted by Gasteiger charge is -2.03. The Labute approximate surface area is 90.7 Å². The van der Waals surface area contributed by atoms with E-state index in [0.717, 1.165) is 21.8 Å². The Balaban J connectivity index is 2.71. The predicted octanol–water partition coefficient (Wildman–Crippen LogP) is 1.87. The van der Waals surface area contributed by atoms with E-state index in [1.54, 1.807) is 0 Å². The molecular weight excluding hydrogens is 244 g/mol. The highest BCUT2D eigenvalue weighted by Crippen LogP contribution is 2.18. The maximum atomic E-state index is 4.37. The second kappa shape index (κ2) is 3.24. The fourth-order valence-corrected chi connectivity index (χ4v) is 1.53. The summed E-state index contributed by atoms with van der Waals surface area (Å²) >= 11 is 3.46. The summed E-state index contributed by atoms with van der Waals surface area (Å²) < 4.78 is 2.87. The van der Waals surface area contributed by atoms with Crippen molar-refractivity contribution in [1.29, 1.82) is 0 Å². The van der Waals surface area contributed by atoms with E-state index in [-0.39, 0.29) is 0 Å². The molecule has 74 valence electrons. The summed E-state index contributed by atoms with van der Waals surface area (Å²) in [5, 5.41) is 4.37. The van der Waals surface area contributed by atoms with Crippen LogP contribution in [0.25, 0.3) is 5.65 Å². The number of halogens is 1. The van der Waals surface area contributed by atoms with Crippen LogP contribution >= 0.6 is 15.9 Å². The van der Waals surface area contributed by atoms with Crippen LogP contribution in [0.1, 0.15) is 5.69 Å². The first-order valence-corrected chi connectivity index (χ1v) is 5.08. The Morgan fingerprint density at radius 3 is 2.71 bits per heavy atom. The molecule has 0 amide bonds. The molecule has 4 nitrogen and oxygen atoms in total. The smallest absolute Gasteiger partial charge is 0.245 e. The molecule has 0 aliphatic heterocycles. The summed E-state index contributed by atoms with van der Waals surface area (Å²) in [6.45, 7) is 2.01. The quantitative estimate of drug-likeness (QED) is 0.779. The SMILES string of the molecule is Cc1c(Br)ccc2nc(N(C)C)nn12. The number of rotatable bonds is 1. The van der Waals surface area contributed by atoms with Gasteiger partial charge < -0.3 is 4.90 Å². The lowest BCUT2D eigenvalue weighted by Crippen LogP contribution is -2.10. The molecule has 2 aromatic rings. The van der Waals surface area contributed by atoms with Crippen LogP contribution in [-0.2, 0) is 0 Å². The normalized spacial score (nSPS) is 10.9. The topological polar surface area (TPSA) is 33.4 Å². The van der Waals surface area contributed by atoms with Crippen molar-refractivity contribution in [2.75, 3.05) is 19.0 Å². The van der Waals surface area contributed by atoms with Crippen LogP contribution in [-0.4, -0.2) is 28.7 Å². The largest absolute Gasteiger partial charge is 0.346 e. The van der Waals surface area contributed by atoms with Gasteiger partial charge in [0.25, 0.3) is 0 Å². The van der Waals surface area contributed by atoms with E-state index >= 15 is 0 Å². The maximum Gasteiger partial charge on any atom is 0.245 e. The van der Waals surface area contributed by atoms with Gasteiger partial charge in [-0.25, -0.2) is 4.52 Å². The lowest BCUT2D eigenvalue weighted by atomic mass is 10.4. The molecule has 0 saturated carbocycles. The van der Waals surface area contributed by atoms with Crippen molar-refractivity contribution >= 4 is 27.5 Å². The third-order valence-electron chi connectivity index (χ3n) is 2.06. The average molecular weight is 255 g/mol. The van der Waals surface area contributed by atoms with Crippen LogP contribution in [0.15, 0.2) is 16.6 Å². The van der Waals surface area contributed by atoms with Crippen molar-refractivity contribution in [3.63, 3.8) is 0 Å². The van der Waals surface area contributed by atoms with Crippen LogP contribution in [0.2, 0.25) is 0 Å². The van der Waals surface area contributed by atoms with E-state index in [9.17, 15) is 0 Å². The predicted molar refractivity (Wildman–Crippen MR) is 59.8 cm³/mol. The second-order valence-electron chi connectivity index (χ2n) is 3.34. The molecule has 0 spiro atoms. The van der Waals surface area contributed by atoms with Gasteiger partial charge in [0.1, 0.15) is 0 Å². The number of aromatic nitrogens is 3. The van der Waals surface area contributed by atoms with Gasteiger partial charge in [0.05, 0.1) is 5.69 Å². The number of hydrogen-bond acceptors (Lipinski definition) is 3. The van der Waals surface area contributed by atoms with Crippen LogP contribution in [0, 0.1) is 6.92 Å². The molecule has 0 N–H and O–H groups in total. The molecule has 5 heteroatoms. The minimum Gasteiger partial charge on any atom is -0.346 e. The Bertz CT molecular complexity index is 475. The monoisotopic (exact) mass is 254 g/mol. The molecule has 0 radical (unpaired) electrons. The van der Waals surface area contributed by atoms with Gasteiger partial charge in [0.15, 0.2) is 5.65 Å². The van der Waals surface area contributed by atoms with Gasteiger partial charge in [0.2, 0.25) is 5.95 Å². The van der Waals surface area contributed by atoms with Crippen molar-refractivity contribution in [1.82, 2.24) is 14.6 Å². The summed E-state index contributed by atoms with van der Waals surface area (Å²) in [7, 11) is 3.86. The molecule has 0 bridgehead atoms. The standard InChI is InChI=1S/C9H11BrN4/c1-6-7(10)4-5-8-11-9(13(2)3)12-14(6)8/h4-5H,1-3H3. The van der Waals surface area contributed by atoms with Gasteiger partial charge in [-0.1, -0.05) is 0 Å². The first kappa shape index (κ1) is 9.45. The summed E-state index contributed by atoms with van der Waals surface area (Å²) in [5.41, 5.74) is 1.93. The highest BCUT2D eigenvalue weighted by molar-refractivity contribution is 9.10. The van der Waals surface area contributed by atoms with E-state index in [1.165, 1.54) is 0 Å². The summed E-state index contributed by atoms with van der Waals surface area (Å²) in [6.07, 6.45) is 0. The van der Waals surface area contributed by atoms with Gasteiger partial charge in [-0.05, 0) is 35.0 Å². The number of aryl methyl sites for hydroxylation is 1. The van der Waals surface area contributed by atoms with Gasteiger partial charge in [0, 0.05) is 18.6 Å². The average Bonchev–Trinajstić information content (AvgIpc) is 2.56. The molecule has 2 aromatic heterocycles. The van der Waals surface area contributed by atoms with Crippen molar-refractivity contribution in [3.05, 3.63) is 22.3 Å². The summed E-state index contributed by atoms with van der Waals surface area (Å²) in [5.74, 6) is 0.728. The molecule has 0 atom stereocenters. The molecule has 0 saturated heterocycles. The highest BCUT2D eigenvalue weighted by Gasteiger charge is 2.07. The minimum absolute atomic E-state index is 0.728. The fourth-order valence-electron chi connectivity index (χ4n) is 1.23. The maximum absolute atomic E-state index is 4.37. The Morgan fingerprint density at radius 1 is 1.36 bits per heavy atom. The van der Waals surface area contributed by atoms with Gasteiger partial charge >= 0.3 is 0 Å². The number of hydrogen-bond donors (Lipinski definition) is 0. The van der Waals surface area contributed by atoms with Gasteiger partial charge in [-0.2, -0.15) is 4.98 Å². The van der Waals surface area contributed by atoms with E-state index in [1.807, 2.05) is 42.6 Å². The Morgan fingerprint density at radius 2 is 2.07 bits per heavy atom. The molecule has 0 aromatic carbocycles. The van der Waals surface area contributed by atoms with E-state index in [4.69, 9.17) is 0 Å². The number of pyridine rings is 1. The molecule has 2 heterocycles. The molecule has 0 fully saturated rings. The lowest BCUT2D eigenvalue weighted by molar-refractivity contribution is 0.888. The first-order chi connectivity index (χ1) is 6.59. The van der Waals surface area contributed by atoms with Gasteiger partial charge in [-0.15, -0.1) is 5.10 Å². The van der Waals surface area contributed by atoms with Crippen molar-refractivity contribution < 1.29 is 0 Å². The molecule has 0 aliphatic rings. The third-order valence-corrected chi connectivity index (χ3v) is 2.90. The zero-order chi connectivity index (χ0) is 10.3. The van der Waals surface area contributed by atoms with Crippen LogP contribution < -0.4 is 4.90 Å². The van der Waals surface area contributed by atoms with Crippen molar-refractivity contribution in [2.24, 2.45) is 0 Å². The minimum atomic E-state index is 0.728. The zero-order valence-corrected chi connectivity index (χ0v) is 9.91. The molecule has 2 rings (SSSR count). The van der Waals surface area contributed by atoms with E-state index < -0.39 is 0 Å². The Hall–Kier alpha value is -1.10. The third kappa shape index (κ3) is 1.37. The highest BCUT2D eigenvalue weighted by atomic mass is 79.9. The van der Waals surface area contributed by atoms with Gasteiger partial charge in [-0.3, -0.25) is 0 Å². The zero-order valence-electron chi connectivity index (χ0n) is 8.32. The number of nitrogens with zero attached hydrogens (tertiary/aromatic N) is 4. The fraction of sp³-hybridized carbons (Fsp3) is 0.333. The first-order valence-electron chi connectivity index (χ1n) is 4.29. The van der Waals surface area contributed by atoms with Crippen molar-refractivity contribution in [3.8, 4) is 0 Å². The molecule has 0 aliphatic carbocycles. The Kier molecular flexibility index (Phi) is 2.19. The summed E-state index contributed by atoms with van der Waals surface area (Å²) in [4.78, 5) is 6.26. The van der Waals surface area contributed by atoms with E-state index in [0.29, 0.717) is 0 Å². The molecule has 0 unspecified atom stereocenters. The van der Waals surface area contributed by atoms with Crippen LogP contribution in [0.5, 0.6) is 0 Å². The second-order valence-corrected chi connectivity index (χ2v) is 4.20. The molecule has 14 heavy (non-hydrogen) atoms. The van der Waals surface area contributed by atoms with Crippen LogP contribution in [0.3, 0.4) is 0 Å². The summed E-state index contributed by atoms with van der Waals surface area (Å²) in [6, 6.07) is 3.93.